The van der Waals surface area contributed by atoms with E-state index in [0.29, 0.717) is 11.5 Å². The summed E-state index contributed by atoms with van der Waals surface area (Å²) in [5, 5.41) is 2.83. The summed E-state index contributed by atoms with van der Waals surface area (Å²) in [6.07, 6.45) is 0.769. The molecule has 2 rings (SSSR count). The average molecular weight is 392 g/mol. The van der Waals surface area contributed by atoms with Crippen molar-refractivity contribution in [1.29, 1.82) is 0 Å². The maximum Gasteiger partial charge on any atom is 0.262 e. The second kappa shape index (κ2) is 8.77. The molecule has 0 saturated carbocycles. The molecule has 0 aliphatic heterocycles. The first-order chi connectivity index (χ1) is 12.8. The van der Waals surface area contributed by atoms with Crippen molar-refractivity contribution in [1.82, 2.24) is 5.32 Å². The van der Waals surface area contributed by atoms with Crippen LogP contribution >= 0.6 is 0 Å². The maximum absolute atomic E-state index is 12.8. The third kappa shape index (κ3) is 4.91. The van der Waals surface area contributed by atoms with E-state index in [4.69, 9.17) is 9.47 Å². The molecule has 0 bridgehead atoms. The number of para-hydroxylation sites is 1. The maximum atomic E-state index is 12.8. The van der Waals surface area contributed by atoms with E-state index in [2.05, 4.69) is 10.0 Å². The smallest absolute Gasteiger partial charge is 0.262 e. The Hall–Kier alpha value is -2.74. The van der Waals surface area contributed by atoms with Gasteiger partial charge in [-0.2, -0.15) is 0 Å². The Labute approximate surface area is 159 Å². The Bertz CT molecular complexity index is 912. The summed E-state index contributed by atoms with van der Waals surface area (Å²) >= 11 is 0. The van der Waals surface area contributed by atoms with Gasteiger partial charge in [-0.15, -0.1) is 0 Å². The van der Waals surface area contributed by atoms with Crippen LogP contribution in [0.3, 0.4) is 0 Å². The van der Waals surface area contributed by atoms with Gasteiger partial charge in [0, 0.05) is 12.1 Å². The van der Waals surface area contributed by atoms with E-state index in [1.807, 2.05) is 13.8 Å². The number of hydrogen-bond acceptors (Lipinski definition) is 5. The Morgan fingerprint density at radius 3 is 2.37 bits per heavy atom. The average Bonchev–Trinajstić information content (AvgIpc) is 2.67. The molecule has 2 aromatic carbocycles. The fourth-order valence-electron chi connectivity index (χ4n) is 2.36. The molecule has 8 heteroatoms. The monoisotopic (exact) mass is 392 g/mol. The van der Waals surface area contributed by atoms with Gasteiger partial charge >= 0.3 is 0 Å². The lowest BCUT2D eigenvalue weighted by Gasteiger charge is -2.16. The lowest BCUT2D eigenvalue weighted by atomic mass is 10.1. The number of benzene rings is 2. The molecule has 0 heterocycles. The molecule has 0 fully saturated rings. The SMILES string of the molecule is CC[C@@H](C)NC(=O)c1ccccc1NS(=O)(=O)c1ccc(OC)c(OC)c1. The number of ether oxygens (including phenoxy) is 2. The highest BCUT2D eigenvalue weighted by Crippen LogP contribution is 2.30. The normalized spacial score (nSPS) is 12.1. The van der Waals surface area contributed by atoms with Gasteiger partial charge in [0.25, 0.3) is 15.9 Å². The molecule has 0 unspecified atom stereocenters. The predicted molar refractivity (Wildman–Crippen MR) is 104 cm³/mol. The van der Waals surface area contributed by atoms with Crippen molar-refractivity contribution in [2.24, 2.45) is 0 Å². The third-order valence-corrected chi connectivity index (χ3v) is 5.43. The Kier molecular flexibility index (Phi) is 6.68. The first-order valence-electron chi connectivity index (χ1n) is 8.47. The number of methoxy groups -OCH3 is 2. The van der Waals surface area contributed by atoms with Crippen LogP contribution in [0.25, 0.3) is 0 Å². The van der Waals surface area contributed by atoms with E-state index in [0.717, 1.165) is 6.42 Å². The largest absolute Gasteiger partial charge is 0.493 e. The zero-order valence-electron chi connectivity index (χ0n) is 15.8. The summed E-state index contributed by atoms with van der Waals surface area (Å²) in [7, 11) is -1.03. The van der Waals surface area contributed by atoms with Crippen LogP contribution in [0, 0.1) is 0 Å². The van der Waals surface area contributed by atoms with Gasteiger partial charge in [0.2, 0.25) is 0 Å². The Morgan fingerprint density at radius 1 is 1.07 bits per heavy atom. The number of carbonyl (C=O) groups excluding carboxylic acids is 1. The number of nitrogens with one attached hydrogen (secondary N) is 2. The Balaban J connectivity index is 2.35. The molecule has 1 amide bonds. The van der Waals surface area contributed by atoms with E-state index in [-0.39, 0.29) is 28.1 Å². The molecular formula is C19H24N2O5S. The first kappa shape index (κ1) is 20.6. The van der Waals surface area contributed by atoms with Gasteiger partial charge in [-0.25, -0.2) is 8.42 Å². The van der Waals surface area contributed by atoms with E-state index < -0.39 is 10.0 Å². The third-order valence-electron chi connectivity index (χ3n) is 4.07. The number of rotatable bonds is 8. The number of carbonyl (C=O) groups is 1. The molecule has 146 valence electrons. The molecule has 0 saturated heterocycles. The highest BCUT2D eigenvalue weighted by Gasteiger charge is 2.20. The number of sulfonamides is 1. The van der Waals surface area contributed by atoms with Crippen molar-refractivity contribution in [2.75, 3.05) is 18.9 Å². The van der Waals surface area contributed by atoms with Gasteiger partial charge in [-0.1, -0.05) is 19.1 Å². The summed E-state index contributed by atoms with van der Waals surface area (Å²) < 4.78 is 38.3. The lowest BCUT2D eigenvalue weighted by Crippen LogP contribution is -2.32. The molecule has 2 aromatic rings. The van der Waals surface area contributed by atoms with Gasteiger partial charge in [0.15, 0.2) is 11.5 Å². The quantitative estimate of drug-likeness (QED) is 0.720. The van der Waals surface area contributed by atoms with Crippen LogP contribution in [0.5, 0.6) is 11.5 Å². The van der Waals surface area contributed by atoms with Crippen LogP contribution in [0.4, 0.5) is 5.69 Å². The topological polar surface area (TPSA) is 93.7 Å². The molecule has 0 radical (unpaired) electrons. The lowest BCUT2D eigenvalue weighted by molar-refractivity contribution is 0.0940. The van der Waals surface area contributed by atoms with E-state index in [1.54, 1.807) is 24.3 Å². The molecule has 2 N–H and O–H groups in total. The second-order valence-corrected chi connectivity index (χ2v) is 7.63. The van der Waals surface area contributed by atoms with Crippen LogP contribution in [0.1, 0.15) is 30.6 Å². The van der Waals surface area contributed by atoms with Crippen LogP contribution in [-0.2, 0) is 10.0 Å². The highest BCUT2D eigenvalue weighted by atomic mass is 32.2. The van der Waals surface area contributed by atoms with E-state index in [1.165, 1.54) is 32.4 Å². The molecule has 27 heavy (non-hydrogen) atoms. The van der Waals surface area contributed by atoms with Gasteiger partial charge in [0.05, 0.1) is 30.4 Å². The van der Waals surface area contributed by atoms with Crippen molar-refractivity contribution in [3.63, 3.8) is 0 Å². The zero-order chi connectivity index (χ0) is 20.0. The minimum Gasteiger partial charge on any atom is -0.493 e. The summed E-state index contributed by atoms with van der Waals surface area (Å²) in [5.41, 5.74) is 0.454. The summed E-state index contributed by atoms with van der Waals surface area (Å²) in [4.78, 5) is 12.5. The summed E-state index contributed by atoms with van der Waals surface area (Å²) in [6, 6.07) is 10.7. The molecule has 7 nitrogen and oxygen atoms in total. The highest BCUT2D eigenvalue weighted by molar-refractivity contribution is 7.92. The Morgan fingerprint density at radius 2 is 1.74 bits per heavy atom. The van der Waals surface area contributed by atoms with Crippen molar-refractivity contribution in [3.05, 3.63) is 48.0 Å². The van der Waals surface area contributed by atoms with Crippen LogP contribution < -0.4 is 19.5 Å². The standard InChI is InChI=1S/C19H24N2O5S/c1-5-13(2)20-19(22)15-8-6-7-9-16(15)21-27(23,24)14-10-11-17(25-3)18(12-14)26-4/h6-13,21H,5H2,1-4H3,(H,20,22)/t13-/m1/s1. The first-order valence-corrected chi connectivity index (χ1v) is 9.95. The van der Waals surface area contributed by atoms with Crippen molar-refractivity contribution in [3.8, 4) is 11.5 Å². The van der Waals surface area contributed by atoms with E-state index >= 15 is 0 Å². The van der Waals surface area contributed by atoms with E-state index in [9.17, 15) is 13.2 Å². The van der Waals surface area contributed by atoms with Crippen LogP contribution in [0.2, 0.25) is 0 Å². The molecule has 0 aliphatic carbocycles. The zero-order valence-corrected chi connectivity index (χ0v) is 16.6. The van der Waals surface area contributed by atoms with Gasteiger partial charge in [-0.05, 0) is 37.6 Å². The van der Waals surface area contributed by atoms with Gasteiger partial charge in [0.1, 0.15) is 0 Å². The number of anilines is 1. The molecular weight excluding hydrogens is 368 g/mol. The van der Waals surface area contributed by atoms with Crippen LogP contribution in [0.15, 0.2) is 47.4 Å². The van der Waals surface area contributed by atoms with Crippen molar-refractivity contribution >= 4 is 21.6 Å². The number of amides is 1. The van der Waals surface area contributed by atoms with Crippen LogP contribution in [-0.4, -0.2) is 34.6 Å². The fourth-order valence-corrected chi connectivity index (χ4v) is 3.46. The second-order valence-electron chi connectivity index (χ2n) is 5.95. The van der Waals surface area contributed by atoms with Gasteiger partial charge < -0.3 is 14.8 Å². The summed E-state index contributed by atoms with van der Waals surface area (Å²) in [6.45, 7) is 3.84. The van der Waals surface area contributed by atoms with Crippen molar-refractivity contribution in [2.45, 2.75) is 31.2 Å². The fraction of sp³-hybridized carbons (Fsp3) is 0.316. The minimum atomic E-state index is -3.93. The predicted octanol–water partition coefficient (Wildman–Crippen LogP) is 3.03. The molecule has 0 aliphatic rings. The van der Waals surface area contributed by atoms with Gasteiger partial charge in [-0.3, -0.25) is 9.52 Å². The summed E-state index contributed by atoms with van der Waals surface area (Å²) in [5.74, 6) is 0.378. The van der Waals surface area contributed by atoms with Crippen molar-refractivity contribution < 1.29 is 22.7 Å². The molecule has 0 spiro atoms. The molecule has 0 aromatic heterocycles. The minimum absolute atomic E-state index is 0.00251. The molecule has 1 atom stereocenters. The number of hydrogen-bond donors (Lipinski definition) is 2.